The van der Waals surface area contributed by atoms with Crippen molar-refractivity contribution >= 4 is 17.3 Å². The number of rotatable bonds is 1. The predicted molar refractivity (Wildman–Crippen MR) is 56.3 cm³/mol. The Kier molecular flexibility index (Phi) is 2.42. The van der Waals surface area contributed by atoms with Crippen LogP contribution in [0.15, 0.2) is 24.3 Å². The SMILES string of the molecule is N[C@@H]1CCN(c2ccc(Cl)cc2)C1. The molecule has 2 N–H and O–H groups in total. The molecule has 1 aliphatic heterocycles. The molecule has 1 heterocycles. The lowest BCUT2D eigenvalue weighted by molar-refractivity contribution is 0.752. The van der Waals surface area contributed by atoms with Crippen molar-refractivity contribution < 1.29 is 0 Å². The van der Waals surface area contributed by atoms with Gasteiger partial charge in [0.1, 0.15) is 0 Å². The average Bonchev–Trinajstić information content (AvgIpc) is 2.53. The number of hydrogen-bond acceptors (Lipinski definition) is 2. The summed E-state index contributed by atoms with van der Waals surface area (Å²) in [6.45, 7) is 2.02. The second-order valence-corrected chi connectivity index (χ2v) is 3.91. The summed E-state index contributed by atoms with van der Waals surface area (Å²) < 4.78 is 0. The molecule has 3 heteroatoms. The minimum Gasteiger partial charge on any atom is -0.370 e. The number of nitrogens with two attached hydrogens (primary N) is 1. The van der Waals surface area contributed by atoms with Crippen LogP contribution in [0.3, 0.4) is 0 Å². The summed E-state index contributed by atoms with van der Waals surface area (Å²) in [6.07, 6.45) is 1.09. The summed E-state index contributed by atoms with van der Waals surface area (Å²) in [6, 6.07) is 8.25. The van der Waals surface area contributed by atoms with E-state index in [2.05, 4.69) is 4.90 Å². The molecule has 1 aromatic rings. The number of benzene rings is 1. The van der Waals surface area contributed by atoms with Crippen LogP contribution in [0.4, 0.5) is 5.69 Å². The fraction of sp³-hybridized carbons (Fsp3) is 0.400. The molecule has 2 rings (SSSR count). The minimum absolute atomic E-state index is 0.329. The van der Waals surface area contributed by atoms with Gasteiger partial charge in [-0.2, -0.15) is 0 Å². The first-order chi connectivity index (χ1) is 6.25. The summed E-state index contributed by atoms with van der Waals surface area (Å²) in [5.41, 5.74) is 7.04. The molecule has 70 valence electrons. The van der Waals surface area contributed by atoms with E-state index in [1.807, 2.05) is 24.3 Å². The summed E-state index contributed by atoms with van der Waals surface area (Å²) in [4.78, 5) is 2.29. The third-order valence-corrected chi connectivity index (χ3v) is 2.67. The van der Waals surface area contributed by atoms with Crippen molar-refractivity contribution in [1.29, 1.82) is 0 Å². The van der Waals surface area contributed by atoms with Gasteiger partial charge in [0.2, 0.25) is 0 Å². The first-order valence-corrected chi connectivity index (χ1v) is 4.89. The van der Waals surface area contributed by atoms with E-state index >= 15 is 0 Å². The van der Waals surface area contributed by atoms with Crippen molar-refractivity contribution in [2.75, 3.05) is 18.0 Å². The zero-order valence-corrected chi connectivity index (χ0v) is 8.17. The molecule has 13 heavy (non-hydrogen) atoms. The molecule has 1 aliphatic rings. The smallest absolute Gasteiger partial charge is 0.0407 e. The van der Waals surface area contributed by atoms with Gasteiger partial charge in [0.15, 0.2) is 0 Å². The minimum atomic E-state index is 0.329. The van der Waals surface area contributed by atoms with E-state index in [-0.39, 0.29) is 0 Å². The normalized spacial score (nSPS) is 22.3. The van der Waals surface area contributed by atoms with E-state index in [0.29, 0.717) is 6.04 Å². The number of hydrogen-bond donors (Lipinski definition) is 1. The molecule has 0 aliphatic carbocycles. The second-order valence-electron chi connectivity index (χ2n) is 3.47. The van der Waals surface area contributed by atoms with Gasteiger partial charge in [-0.05, 0) is 30.7 Å². The van der Waals surface area contributed by atoms with E-state index < -0.39 is 0 Å². The Morgan fingerprint density at radius 3 is 2.54 bits per heavy atom. The Hall–Kier alpha value is -0.730. The highest BCUT2D eigenvalue weighted by Gasteiger charge is 2.18. The highest BCUT2D eigenvalue weighted by atomic mass is 35.5. The van der Waals surface area contributed by atoms with Crippen molar-refractivity contribution in [3.8, 4) is 0 Å². The Labute approximate surface area is 83.3 Å². The lowest BCUT2D eigenvalue weighted by atomic mass is 10.3. The Morgan fingerprint density at radius 1 is 1.31 bits per heavy atom. The Bertz CT molecular complexity index is 283. The summed E-state index contributed by atoms with van der Waals surface area (Å²) >= 11 is 5.80. The predicted octanol–water partition coefficient (Wildman–Crippen LogP) is 1.88. The van der Waals surface area contributed by atoms with Crippen LogP contribution in [0.25, 0.3) is 0 Å². The van der Waals surface area contributed by atoms with Gasteiger partial charge in [0.05, 0.1) is 0 Å². The van der Waals surface area contributed by atoms with E-state index in [1.165, 1.54) is 5.69 Å². The summed E-state index contributed by atoms with van der Waals surface area (Å²) in [7, 11) is 0. The number of halogens is 1. The standard InChI is InChI=1S/C10H13ClN2/c11-8-1-3-10(4-2-8)13-6-5-9(12)7-13/h1-4,9H,5-7,12H2/t9-/m1/s1. The van der Waals surface area contributed by atoms with Crippen molar-refractivity contribution in [1.82, 2.24) is 0 Å². The molecule has 0 aromatic heterocycles. The first-order valence-electron chi connectivity index (χ1n) is 4.52. The summed E-state index contributed by atoms with van der Waals surface area (Å²) in [5, 5.41) is 0.784. The third kappa shape index (κ3) is 1.95. The average molecular weight is 197 g/mol. The van der Waals surface area contributed by atoms with Crippen molar-refractivity contribution in [2.45, 2.75) is 12.5 Å². The molecule has 2 nitrogen and oxygen atoms in total. The topological polar surface area (TPSA) is 29.3 Å². The summed E-state index contributed by atoms with van der Waals surface area (Å²) in [5.74, 6) is 0. The van der Waals surface area contributed by atoms with Crippen LogP contribution in [0.1, 0.15) is 6.42 Å². The molecule has 0 saturated carbocycles. The number of nitrogens with zero attached hydrogens (tertiary/aromatic N) is 1. The molecular formula is C10H13ClN2. The maximum atomic E-state index is 5.82. The third-order valence-electron chi connectivity index (χ3n) is 2.42. The van der Waals surface area contributed by atoms with Gasteiger partial charge in [0.25, 0.3) is 0 Å². The highest BCUT2D eigenvalue weighted by molar-refractivity contribution is 6.30. The van der Waals surface area contributed by atoms with Gasteiger partial charge in [-0.15, -0.1) is 0 Å². The van der Waals surface area contributed by atoms with E-state index in [1.54, 1.807) is 0 Å². The van der Waals surface area contributed by atoms with E-state index in [9.17, 15) is 0 Å². The van der Waals surface area contributed by atoms with Gasteiger partial charge in [0, 0.05) is 29.8 Å². The van der Waals surface area contributed by atoms with Crippen LogP contribution in [0, 0.1) is 0 Å². The highest BCUT2D eigenvalue weighted by Crippen LogP contribution is 2.21. The number of anilines is 1. The van der Waals surface area contributed by atoms with E-state index in [4.69, 9.17) is 17.3 Å². The van der Waals surface area contributed by atoms with Crippen LogP contribution in [-0.2, 0) is 0 Å². The lowest BCUT2D eigenvalue weighted by Crippen LogP contribution is -2.26. The maximum Gasteiger partial charge on any atom is 0.0407 e. The Morgan fingerprint density at radius 2 is 2.00 bits per heavy atom. The van der Waals surface area contributed by atoms with Crippen LogP contribution >= 0.6 is 11.6 Å². The quantitative estimate of drug-likeness (QED) is 0.743. The van der Waals surface area contributed by atoms with Gasteiger partial charge in [-0.25, -0.2) is 0 Å². The zero-order chi connectivity index (χ0) is 9.26. The molecule has 0 amide bonds. The molecule has 1 aromatic carbocycles. The van der Waals surface area contributed by atoms with Crippen LogP contribution in [0.2, 0.25) is 5.02 Å². The van der Waals surface area contributed by atoms with Crippen LogP contribution in [0.5, 0.6) is 0 Å². The molecule has 1 atom stereocenters. The molecule has 0 bridgehead atoms. The van der Waals surface area contributed by atoms with Crippen molar-refractivity contribution in [3.05, 3.63) is 29.3 Å². The fourth-order valence-corrected chi connectivity index (χ4v) is 1.80. The molecule has 0 radical (unpaired) electrons. The van der Waals surface area contributed by atoms with Crippen molar-refractivity contribution in [3.63, 3.8) is 0 Å². The lowest BCUT2D eigenvalue weighted by Gasteiger charge is -2.17. The maximum absolute atomic E-state index is 5.82. The second kappa shape index (κ2) is 3.56. The largest absolute Gasteiger partial charge is 0.370 e. The van der Waals surface area contributed by atoms with Crippen LogP contribution < -0.4 is 10.6 Å². The Balaban J connectivity index is 2.13. The molecular weight excluding hydrogens is 184 g/mol. The molecule has 1 saturated heterocycles. The van der Waals surface area contributed by atoms with Gasteiger partial charge < -0.3 is 10.6 Å². The van der Waals surface area contributed by atoms with Gasteiger partial charge in [-0.3, -0.25) is 0 Å². The molecule has 0 unspecified atom stereocenters. The van der Waals surface area contributed by atoms with Gasteiger partial charge in [-0.1, -0.05) is 11.6 Å². The van der Waals surface area contributed by atoms with Crippen molar-refractivity contribution in [2.24, 2.45) is 5.73 Å². The van der Waals surface area contributed by atoms with E-state index in [0.717, 1.165) is 24.5 Å². The first kappa shape index (κ1) is 8.85. The monoisotopic (exact) mass is 196 g/mol. The fourth-order valence-electron chi connectivity index (χ4n) is 1.67. The van der Waals surface area contributed by atoms with Gasteiger partial charge >= 0.3 is 0 Å². The molecule has 1 fully saturated rings. The van der Waals surface area contributed by atoms with Crippen LogP contribution in [-0.4, -0.2) is 19.1 Å². The molecule has 0 spiro atoms. The zero-order valence-electron chi connectivity index (χ0n) is 7.41.